The molecule has 0 saturated carbocycles. The summed E-state index contributed by atoms with van der Waals surface area (Å²) in [7, 11) is 0. The summed E-state index contributed by atoms with van der Waals surface area (Å²) in [5.74, 6) is 0. The molecule has 0 aliphatic rings. The Labute approximate surface area is 68.9 Å². The highest BCUT2D eigenvalue weighted by Gasteiger charge is 1.99. The lowest BCUT2D eigenvalue weighted by molar-refractivity contribution is 1.30. The van der Waals surface area contributed by atoms with Crippen molar-refractivity contribution in [3.63, 3.8) is 0 Å². The summed E-state index contributed by atoms with van der Waals surface area (Å²) in [6.07, 6.45) is 1.87. The lowest BCUT2D eigenvalue weighted by Crippen LogP contribution is -1.76. The van der Waals surface area contributed by atoms with Crippen LogP contribution in [0.4, 0.5) is 0 Å². The molecule has 0 fully saturated rings. The van der Waals surface area contributed by atoms with E-state index >= 15 is 0 Å². The molecule has 2 nitrogen and oxygen atoms in total. The first-order valence-electron chi connectivity index (χ1n) is 3.45. The van der Waals surface area contributed by atoms with E-state index in [1.807, 2.05) is 20.0 Å². The smallest absolute Gasteiger partial charge is 0.143 e. The van der Waals surface area contributed by atoms with Crippen molar-refractivity contribution in [2.75, 3.05) is 0 Å². The summed E-state index contributed by atoms with van der Waals surface area (Å²) in [5.41, 5.74) is 2.19. The number of hydrogen-bond acceptors (Lipinski definition) is 3. The summed E-state index contributed by atoms with van der Waals surface area (Å²) in [6.45, 7) is 4.03. The summed E-state index contributed by atoms with van der Waals surface area (Å²) in [6, 6.07) is 2.06. The first-order chi connectivity index (χ1) is 5.25. The second-order valence-corrected chi connectivity index (χ2v) is 3.75. The highest BCUT2D eigenvalue weighted by molar-refractivity contribution is 7.18. The van der Waals surface area contributed by atoms with Crippen LogP contribution < -0.4 is 0 Å². The molecule has 0 aliphatic carbocycles. The predicted molar refractivity (Wildman–Crippen MR) is 46.9 cm³/mol. The van der Waals surface area contributed by atoms with Gasteiger partial charge in [-0.25, -0.2) is 9.97 Å². The second kappa shape index (κ2) is 2.27. The molecular formula is C8H8N2S. The molecule has 2 heterocycles. The van der Waals surface area contributed by atoms with Gasteiger partial charge in [0.05, 0.1) is 5.01 Å². The Morgan fingerprint density at radius 2 is 2.18 bits per heavy atom. The Kier molecular flexibility index (Phi) is 1.39. The molecule has 0 amide bonds. The van der Waals surface area contributed by atoms with Gasteiger partial charge in [0.1, 0.15) is 10.3 Å². The third kappa shape index (κ3) is 1.12. The van der Waals surface area contributed by atoms with Gasteiger partial charge in [0.2, 0.25) is 0 Å². The molecule has 0 aliphatic heterocycles. The zero-order valence-corrected chi connectivity index (χ0v) is 7.27. The normalized spacial score (nSPS) is 10.7. The topological polar surface area (TPSA) is 25.8 Å². The van der Waals surface area contributed by atoms with Crippen molar-refractivity contribution >= 4 is 21.7 Å². The summed E-state index contributed by atoms with van der Waals surface area (Å²) < 4.78 is 0. The van der Waals surface area contributed by atoms with E-state index in [1.165, 1.54) is 5.56 Å². The van der Waals surface area contributed by atoms with Gasteiger partial charge in [0.25, 0.3) is 0 Å². The number of thiazole rings is 1. The molecule has 0 N–H and O–H groups in total. The van der Waals surface area contributed by atoms with Crippen LogP contribution >= 0.6 is 11.3 Å². The fourth-order valence-electron chi connectivity index (χ4n) is 1.03. The van der Waals surface area contributed by atoms with Crippen LogP contribution in [0, 0.1) is 13.8 Å². The van der Waals surface area contributed by atoms with Crippen LogP contribution in [-0.2, 0) is 0 Å². The zero-order chi connectivity index (χ0) is 7.84. The van der Waals surface area contributed by atoms with Gasteiger partial charge >= 0.3 is 0 Å². The maximum Gasteiger partial charge on any atom is 0.143 e. The molecule has 0 atom stereocenters. The van der Waals surface area contributed by atoms with Crippen molar-refractivity contribution in [3.05, 3.63) is 22.8 Å². The molecule has 0 aromatic carbocycles. The quantitative estimate of drug-likeness (QED) is 0.597. The van der Waals surface area contributed by atoms with Crippen molar-refractivity contribution in [1.29, 1.82) is 0 Å². The van der Waals surface area contributed by atoms with Gasteiger partial charge in [-0.05, 0) is 25.5 Å². The Morgan fingerprint density at radius 1 is 1.36 bits per heavy atom. The summed E-state index contributed by atoms with van der Waals surface area (Å²) in [4.78, 5) is 9.62. The maximum atomic E-state index is 4.33. The van der Waals surface area contributed by atoms with Crippen molar-refractivity contribution in [1.82, 2.24) is 9.97 Å². The average molecular weight is 164 g/mol. The number of aryl methyl sites for hydroxylation is 2. The SMILES string of the molecule is Cc1cnc2sc(C)nc2c1. The number of rotatable bonds is 0. The minimum atomic E-state index is 1.02. The van der Waals surface area contributed by atoms with Crippen LogP contribution in [0.2, 0.25) is 0 Å². The van der Waals surface area contributed by atoms with E-state index in [4.69, 9.17) is 0 Å². The second-order valence-electron chi connectivity index (χ2n) is 2.57. The average Bonchev–Trinajstić information content (AvgIpc) is 2.27. The minimum Gasteiger partial charge on any atom is -0.243 e. The van der Waals surface area contributed by atoms with E-state index in [1.54, 1.807) is 11.3 Å². The standard InChI is InChI=1S/C8H8N2S/c1-5-3-7-8(9-4-5)11-6(2)10-7/h3-4H,1-2H3. The number of pyridine rings is 1. The van der Waals surface area contributed by atoms with Crippen LogP contribution in [0.3, 0.4) is 0 Å². The Bertz CT molecular complexity index is 392. The fraction of sp³-hybridized carbons (Fsp3) is 0.250. The molecular weight excluding hydrogens is 156 g/mol. The van der Waals surface area contributed by atoms with E-state index in [0.717, 1.165) is 15.4 Å². The number of aromatic nitrogens is 2. The van der Waals surface area contributed by atoms with Crippen LogP contribution in [0.15, 0.2) is 12.3 Å². The lowest BCUT2D eigenvalue weighted by Gasteiger charge is -1.87. The number of nitrogens with zero attached hydrogens (tertiary/aromatic N) is 2. The van der Waals surface area contributed by atoms with Gasteiger partial charge in [-0.3, -0.25) is 0 Å². The molecule has 2 aromatic rings. The van der Waals surface area contributed by atoms with Gasteiger partial charge in [-0.2, -0.15) is 0 Å². The van der Waals surface area contributed by atoms with Gasteiger partial charge < -0.3 is 0 Å². The zero-order valence-electron chi connectivity index (χ0n) is 6.46. The fourth-order valence-corrected chi connectivity index (χ4v) is 1.77. The third-order valence-corrected chi connectivity index (χ3v) is 2.39. The molecule has 0 unspecified atom stereocenters. The summed E-state index contributed by atoms with van der Waals surface area (Å²) >= 11 is 1.64. The highest BCUT2D eigenvalue weighted by Crippen LogP contribution is 2.19. The van der Waals surface area contributed by atoms with E-state index in [2.05, 4.69) is 16.0 Å². The van der Waals surface area contributed by atoms with Gasteiger partial charge in [-0.15, -0.1) is 0 Å². The van der Waals surface area contributed by atoms with Crippen molar-refractivity contribution < 1.29 is 0 Å². The Morgan fingerprint density at radius 3 is 3.00 bits per heavy atom. The summed E-state index contributed by atoms with van der Waals surface area (Å²) in [5, 5.41) is 1.08. The number of hydrogen-bond donors (Lipinski definition) is 0. The monoisotopic (exact) mass is 164 g/mol. The molecule has 2 rings (SSSR count). The highest BCUT2D eigenvalue weighted by atomic mass is 32.1. The number of fused-ring (bicyclic) bond motifs is 1. The molecule has 0 saturated heterocycles. The Hall–Kier alpha value is -0.960. The Balaban J connectivity index is 2.82. The maximum absolute atomic E-state index is 4.33. The first-order valence-corrected chi connectivity index (χ1v) is 4.27. The molecule has 11 heavy (non-hydrogen) atoms. The largest absolute Gasteiger partial charge is 0.243 e. The van der Waals surface area contributed by atoms with E-state index in [9.17, 15) is 0 Å². The van der Waals surface area contributed by atoms with E-state index in [-0.39, 0.29) is 0 Å². The predicted octanol–water partition coefficient (Wildman–Crippen LogP) is 2.31. The van der Waals surface area contributed by atoms with Crippen molar-refractivity contribution in [2.45, 2.75) is 13.8 Å². The van der Waals surface area contributed by atoms with Crippen LogP contribution in [0.1, 0.15) is 10.6 Å². The molecule has 0 spiro atoms. The molecule has 0 bridgehead atoms. The van der Waals surface area contributed by atoms with Crippen LogP contribution in [-0.4, -0.2) is 9.97 Å². The van der Waals surface area contributed by atoms with E-state index in [0.29, 0.717) is 0 Å². The van der Waals surface area contributed by atoms with Gasteiger partial charge in [-0.1, -0.05) is 11.3 Å². The van der Waals surface area contributed by atoms with Crippen LogP contribution in [0.5, 0.6) is 0 Å². The van der Waals surface area contributed by atoms with Gasteiger partial charge in [0, 0.05) is 6.20 Å². The third-order valence-electron chi connectivity index (χ3n) is 1.49. The lowest BCUT2D eigenvalue weighted by atomic mass is 10.3. The van der Waals surface area contributed by atoms with Crippen LogP contribution in [0.25, 0.3) is 10.3 Å². The minimum absolute atomic E-state index is 1.02. The van der Waals surface area contributed by atoms with Crippen molar-refractivity contribution in [3.8, 4) is 0 Å². The first kappa shape index (κ1) is 6.73. The van der Waals surface area contributed by atoms with Crippen molar-refractivity contribution in [2.24, 2.45) is 0 Å². The molecule has 0 radical (unpaired) electrons. The molecule has 56 valence electrons. The van der Waals surface area contributed by atoms with E-state index < -0.39 is 0 Å². The van der Waals surface area contributed by atoms with Gasteiger partial charge in [0.15, 0.2) is 0 Å². The molecule has 3 heteroatoms. The molecule has 2 aromatic heterocycles.